The van der Waals surface area contributed by atoms with E-state index < -0.39 is 0 Å². The molecule has 40 valence electrons. The fourth-order valence-corrected chi connectivity index (χ4v) is 0.558. The Hall–Kier alpha value is -0.530. The third-order valence-electron chi connectivity index (χ3n) is 1.09. The van der Waals surface area contributed by atoms with Crippen LogP contribution in [-0.4, -0.2) is 19.0 Å². The van der Waals surface area contributed by atoms with Crippen LogP contribution in [0, 0.1) is 0 Å². The van der Waals surface area contributed by atoms with Gasteiger partial charge in [0.1, 0.15) is 6.10 Å². The molecule has 0 aromatic carbocycles. The lowest BCUT2D eigenvalue weighted by Gasteiger charge is -2.01. The summed E-state index contributed by atoms with van der Waals surface area (Å²) in [7, 11) is 0. The Kier molecular flexibility index (Phi) is 1.29. The van der Waals surface area contributed by atoms with Crippen molar-refractivity contribution in [1.82, 2.24) is 0 Å². The van der Waals surface area contributed by atoms with E-state index in [1.807, 2.05) is 0 Å². The summed E-state index contributed by atoms with van der Waals surface area (Å²) in [5.41, 5.74) is 0. The minimum Gasteiger partial charge on any atom is -0.478 e. The predicted molar refractivity (Wildman–Crippen MR) is 28.5 cm³/mol. The maximum absolute atomic E-state index is 5.01. The monoisotopic (exact) mass is 99.1 g/mol. The molecule has 1 aliphatic heterocycles. The zero-order valence-electron chi connectivity index (χ0n) is 4.42. The molecule has 0 amide bonds. The second-order valence-corrected chi connectivity index (χ2v) is 1.64. The minimum absolute atomic E-state index is 0.375. The van der Waals surface area contributed by atoms with E-state index in [2.05, 4.69) is 11.9 Å². The molecule has 0 saturated carbocycles. The third-order valence-corrected chi connectivity index (χ3v) is 1.09. The lowest BCUT2D eigenvalue weighted by Crippen LogP contribution is -2.06. The van der Waals surface area contributed by atoms with E-state index >= 15 is 0 Å². The number of ether oxygens (including phenoxy) is 1. The van der Waals surface area contributed by atoms with Crippen molar-refractivity contribution in [2.75, 3.05) is 6.54 Å². The number of hydrogen-bond acceptors (Lipinski definition) is 2. The fraction of sp³-hybridized carbons (Fsp3) is 0.800. The topological polar surface area (TPSA) is 21.6 Å². The van der Waals surface area contributed by atoms with E-state index in [1.54, 1.807) is 0 Å². The van der Waals surface area contributed by atoms with Gasteiger partial charge in [0.15, 0.2) is 6.40 Å². The van der Waals surface area contributed by atoms with Crippen LogP contribution in [0.25, 0.3) is 0 Å². The van der Waals surface area contributed by atoms with E-state index in [0.717, 1.165) is 13.0 Å². The Balaban J connectivity index is 2.22. The number of nitrogens with zero attached hydrogens (tertiary/aromatic N) is 1. The summed E-state index contributed by atoms with van der Waals surface area (Å²) < 4.78 is 5.01. The molecule has 1 heterocycles. The first-order valence-corrected chi connectivity index (χ1v) is 2.57. The van der Waals surface area contributed by atoms with Crippen molar-refractivity contribution in [3.05, 3.63) is 0 Å². The lowest BCUT2D eigenvalue weighted by molar-refractivity contribution is 0.229. The molecule has 0 aromatic heterocycles. The van der Waals surface area contributed by atoms with E-state index in [9.17, 15) is 0 Å². The average Bonchev–Trinajstić information content (AvgIpc) is 2.14. The number of hydrogen-bond donors (Lipinski definition) is 0. The molecule has 0 fully saturated rings. The van der Waals surface area contributed by atoms with E-state index in [-0.39, 0.29) is 0 Å². The summed E-state index contributed by atoms with van der Waals surface area (Å²) in [6.45, 7) is 2.95. The van der Waals surface area contributed by atoms with Crippen LogP contribution in [0.2, 0.25) is 0 Å². The van der Waals surface area contributed by atoms with Crippen molar-refractivity contribution in [2.45, 2.75) is 19.4 Å². The predicted octanol–water partition coefficient (Wildman–Crippen LogP) is 0.824. The van der Waals surface area contributed by atoms with Gasteiger partial charge in [0.05, 0.1) is 6.54 Å². The highest BCUT2D eigenvalue weighted by atomic mass is 16.5. The first-order valence-electron chi connectivity index (χ1n) is 2.57. The molecule has 1 rings (SSSR count). The largest absolute Gasteiger partial charge is 0.478 e. The minimum atomic E-state index is 0.375. The van der Waals surface area contributed by atoms with Crippen molar-refractivity contribution >= 4 is 6.40 Å². The van der Waals surface area contributed by atoms with Gasteiger partial charge in [-0.25, -0.2) is 0 Å². The first-order chi connectivity index (χ1) is 3.43. The molecule has 1 unspecified atom stereocenters. The van der Waals surface area contributed by atoms with Gasteiger partial charge < -0.3 is 4.74 Å². The first kappa shape index (κ1) is 4.62. The Morgan fingerprint density at radius 3 is 3.14 bits per heavy atom. The molecule has 0 N–H and O–H groups in total. The Bertz CT molecular complexity index is 72.1. The molecule has 1 aliphatic rings. The fourth-order valence-electron chi connectivity index (χ4n) is 0.558. The normalized spacial score (nSPS) is 27.9. The van der Waals surface area contributed by atoms with Gasteiger partial charge >= 0.3 is 0 Å². The zero-order chi connectivity index (χ0) is 5.11. The van der Waals surface area contributed by atoms with Crippen LogP contribution in [0.15, 0.2) is 4.99 Å². The van der Waals surface area contributed by atoms with Crippen LogP contribution in [0.5, 0.6) is 0 Å². The lowest BCUT2D eigenvalue weighted by atomic mass is 10.3. The summed E-state index contributed by atoms with van der Waals surface area (Å²) >= 11 is 0. The van der Waals surface area contributed by atoms with Gasteiger partial charge in [-0.3, -0.25) is 4.99 Å². The van der Waals surface area contributed by atoms with Gasteiger partial charge in [-0.1, -0.05) is 6.92 Å². The van der Waals surface area contributed by atoms with Crippen LogP contribution in [0.4, 0.5) is 0 Å². The van der Waals surface area contributed by atoms with Crippen molar-refractivity contribution < 1.29 is 4.74 Å². The van der Waals surface area contributed by atoms with Gasteiger partial charge in [0.2, 0.25) is 0 Å². The molecule has 1 atom stereocenters. The number of aliphatic imine (C=N–C) groups is 1. The summed E-state index contributed by atoms with van der Waals surface area (Å²) in [6, 6.07) is 0. The van der Waals surface area contributed by atoms with E-state index in [0.29, 0.717) is 6.10 Å². The molecule has 0 radical (unpaired) electrons. The van der Waals surface area contributed by atoms with Crippen LogP contribution in [0.1, 0.15) is 13.3 Å². The van der Waals surface area contributed by atoms with E-state index in [1.165, 1.54) is 6.40 Å². The molecule has 2 heteroatoms. The molecule has 0 saturated heterocycles. The molecule has 0 spiro atoms. The highest BCUT2D eigenvalue weighted by molar-refractivity contribution is 5.48. The molecule has 7 heavy (non-hydrogen) atoms. The van der Waals surface area contributed by atoms with Crippen molar-refractivity contribution in [3.63, 3.8) is 0 Å². The van der Waals surface area contributed by atoms with Gasteiger partial charge in [0.25, 0.3) is 0 Å². The highest BCUT2D eigenvalue weighted by Crippen LogP contribution is 2.00. The highest BCUT2D eigenvalue weighted by Gasteiger charge is 2.07. The van der Waals surface area contributed by atoms with Gasteiger partial charge in [-0.05, 0) is 6.42 Å². The van der Waals surface area contributed by atoms with Gasteiger partial charge in [-0.2, -0.15) is 0 Å². The van der Waals surface area contributed by atoms with Crippen LogP contribution in [-0.2, 0) is 4.74 Å². The maximum atomic E-state index is 5.01. The molecule has 0 aromatic rings. The van der Waals surface area contributed by atoms with Gasteiger partial charge in [0, 0.05) is 0 Å². The maximum Gasteiger partial charge on any atom is 0.170 e. The Morgan fingerprint density at radius 1 is 2.00 bits per heavy atom. The standard InChI is InChI=1S/C5H9NO/c1-2-5-3-6-4-7-5/h4-5H,2-3H2,1H3. The molecule has 0 aliphatic carbocycles. The van der Waals surface area contributed by atoms with Crippen molar-refractivity contribution in [3.8, 4) is 0 Å². The van der Waals surface area contributed by atoms with Crippen LogP contribution < -0.4 is 0 Å². The van der Waals surface area contributed by atoms with Crippen LogP contribution in [0.3, 0.4) is 0 Å². The summed E-state index contributed by atoms with van der Waals surface area (Å²) in [5, 5.41) is 0. The van der Waals surface area contributed by atoms with Crippen molar-refractivity contribution in [2.24, 2.45) is 4.99 Å². The SMILES string of the molecule is CCC1CN=CO1. The quantitative estimate of drug-likeness (QED) is 0.477. The molecular weight excluding hydrogens is 90.1 g/mol. The summed E-state index contributed by atoms with van der Waals surface area (Å²) in [4.78, 5) is 3.89. The van der Waals surface area contributed by atoms with Crippen LogP contribution >= 0.6 is 0 Å². The Morgan fingerprint density at radius 2 is 2.86 bits per heavy atom. The smallest absolute Gasteiger partial charge is 0.170 e. The zero-order valence-corrected chi connectivity index (χ0v) is 4.42. The second-order valence-electron chi connectivity index (χ2n) is 1.64. The summed E-state index contributed by atoms with van der Waals surface area (Å²) in [6.07, 6.45) is 2.98. The molecule has 0 bridgehead atoms. The summed E-state index contributed by atoms with van der Waals surface area (Å²) in [5.74, 6) is 0. The Labute approximate surface area is 43.2 Å². The van der Waals surface area contributed by atoms with Crippen molar-refractivity contribution in [1.29, 1.82) is 0 Å². The average molecular weight is 99.1 g/mol. The molecule has 2 nitrogen and oxygen atoms in total. The van der Waals surface area contributed by atoms with Gasteiger partial charge in [-0.15, -0.1) is 0 Å². The molecular formula is C5H9NO. The third kappa shape index (κ3) is 0.918. The second kappa shape index (κ2) is 1.96. The van der Waals surface area contributed by atoms with E-state index in [4.69, 9.17) is 4.74 Å². The number of rotatable bonds is 1.